The van der Waals surface area contributed by atoms with Gasteiger partial charge in [-0.15, -0.1) is 9.24 Å². The molecule has 0 amide bonds. The van der Waals surface area contributed by atoms with Crippen LogP contribution in [0.3, 0.4) is 0 Å². The van der Waals surface area contributed by atoms with Crippen LogP contribution in [0.5, 0.6) is 0 Å². The molecule has 1 rings (SSSR count). The minimum atomic E-state index is 0. The molecule has 0 bridgehead atoms. The topological polar surface area (TPSA) is 0 Å². The van der Waals surface area contributed by atoms with E-state index < -0.39 is 0 Å². The zero-order valence-corrected chi connectivity index (χ0v) is 13.8. The minimum absolute atomic E-state index is 0. The number of hydrogen-bond acceptors (Lipinski definition) is 0. The monoisotopic (exact) mass is 328 g/mol. The van der Waals surface area contributed by atoms with Gasteiger partial charge in [-0.3, -0.25) is 0 Å². The number of benzene rings is 1. The second-order valence-corrected chi connectivity index (χ2v) is 6.89. The van der Waals surface area contributed by atoms with Crippen LogP contribution in [-0.2, 0) is 31.3 Å². The summed E-state index contributed by atoms with van der Waals surface area (Å²) in [6, 6.07) is 6.59. The van der Waals surface area contributed by atoms with E-state index >= 15 is 0 Å². The Kier molecular flexibility index (Phi) is 5.41. The molecule has 0 heterocycles. The molecule has 16 heavy (non-hydrogen) atoms. The zero-order valence-electron chi connectivity index (χ0n) is 11.1. The molecule has 0 saturated carbocycles. The van der Waals surface area contributed by atoms with Crippen LogP contribution in [0, 0.1) is 0 Å². The first-order chi connectivity index (χ1) is 6.64. The summed E-state index contributed by atoms with van der Waals surface area (Å²) in [5, 5.41) is 1.33. The molecule has 0 aliphatic carbocycles. The summed E-state index contributed by atoms with van der Waals surface area (Å²) >= 11 is 0. The molecule has 1 unspecified atom stereocenters. The molecule has 0 spiro atoms. The molecular formula is C14H23PPd. The Balaban J connectivity index is 0.00000225. The Morgan fingerprint density at radius 2 is 1.38 bits per heavy atom. The van der Waals surface area contributed by atoms with E-state index in [9.17, 15) is 0 Å². The van der Waals surface area contributed by atoms with Crippen molar-refractivity contribution in [2.45, 2.75) is 52.4 Å². The Bertz CT molecular complexity index is 356. The maximum Gasteiger partial charge on any atom is 0 e. The maximum absolute atomic E-state index is 2.87. The van der Waals surface area contributed by atoms with Crippen LogP contribution < -0.4 is 5.30 Å². The molecule has 1 aromatic rings. The van der Waals surface area contributed by atoms with Crippen molar-refractivity contribution < 1.29 is 20.4 Å². The Hall–Kier alpha value is 0.312. The molecule has 0 aliphatic heterocycles. The average Bonchev–Trinajstić information content (AvgIpc) is 1.99. The largest absolute Gasteiger partial charge is 0.105 e. The fourth-order valence-corrected chi connectivity index (χ4v) is 2.73. The Morgan fingerprint density at radius 1 is 0.875 bits per heavy atom. The summed E-state index contributed by atoms with van der Waals surface area (Å²) in [6.07, 6.45) is 0. The van der Waals surface area contributed by atoms with Crippen LogP contribution in [0.4, 0.5) is 0 Å². The summed E-state index contributed by atoms with van der Waals surface area (Å²) in [4.78, 5) is 0. The van der Waals surface area contributed by atoms with E-state index in [1.54, 1.807) is 0 Å². The normalized spacial score (nSPS) is 12.2. The van der Waals surface area contributed by atoms with Crippen LogP contribution in [-0.4, -0.2) is 0 Å². The zero-order chi connectivity index (χ0) is 11.9. The third-order valence-corrected chi connectivity index (χ3v) is 3.14. The standard InChI is InChI=1S/C14H23P.Pd/c1-13(2,3)10-8-7-9-11(15)12(10)14(4,5)6;/h7-9H,15H2,1-6H3;. The van der Waals surface area contributed by atoms with Crippen molar-refractivity contribution in [1.82, 2.24) is 0 Å². The predicted molar refractivity (Wildman–Crippen MR) is 73.2 cm³/mol. The fourth-order valence-electron chi connectivity index (χ4n) is 2.03. The van der Waals surface area contributed by atoms with Gasteiger partial charge in [0.05, 0.1) is 0 Å². The third kappa shape index (κ3) is 3.66. The van der Waals surface area contributed by atoms with Gasteiger partial charge in [-0.1, -0.05) is 59.7 Å². The average molecular weight is 329 g/mol. The summed E-state index contributed by atoms with van der Waals surface area (Å²) in [5.41, 5.74) is 3.36. The second-order valence-electron chi connectivity index (χ2n) is 6.27. The van der Waals surface area contributed by atoms with Gasteiger partial charge in [-0.05, 0) is 27.3 Å². The first-order valence-electron chi connectivity index (χ1n) is 5.53. The van der Waals surface area contributed by atoms with Gasteiger partial charge in [-0.2, -0.15) is 0 Å². The van der Waals surface area contributed by atoms with Gasteiger partial charge in [0.2, 0.25) is 0 Å². The van der Waals surface area contributed by atoms with Gasteiger partial charge in [0.15, 0.2) is 0 Å². The predicted octanol–water partition coefficient (Wildman–Crippen LogP) is 3.78. The van der Waals surface area contributed by atoms with Crippen LogP contribution >= 0.6 is 9.24 Å². The van der Waals surface area contributed by atoms with Crippen molar-refractivity contribution in [3.05, 3.63) is 29.3 Å². The Labute approximate surface area is 116 Å². The molecule has 1 aromatic carbocycles. The van der Waals surface area contributed by atoms with Crippen LogP contribution in [0.2, 0.25) is 0 Å². The molecule has 0 saturated heterocycles. The first kappa shape index (κ1) is 16.3. The van der Waals surface area contributed by atoms with Gasteiger partial charge in [0.25, 0.3) is 0 Å². The second kappa shape index (κ2) is 5.31. The Morgan fingerprint density at radius 3 is 1.69 bits per heavy atom. The molecule has 0 nitrogen and oxygen atoms in total. The molecule has 94 valence electrons. The summed E-state index contributed by atoms with van der Waals surface area (Å²) in [7, 11) is 2.87. The molecule has 1 atom stereocenters. The minimum Gasteiger partial charge on any atom is -0.105 e. The van der Waals surface area contributed by atoms with E-state index in [4.69, 9.17) is 0 Å². The van der Waals surface area contributed by atoms with Gasteiger partial charge in [-0.25, -0.2) is 0 Å². The molecule has 0 aromatic heterocycles. The van der Waals surface area contributed by atoms with Gasteiger partial charge in [0, 0.05) is 20.4 Å². The molecule has 0 aliphatic rings. The summed E-state index contributed by atoms with van der Waals surface area (Å²) in [5.74, 6) is 0. The summed E-state index contributed by atoms with van der Waals surface area (Å²) < 4.78 is 0. The van der Waals surface area contributed by atoms with E-state index in [1.165, 1.54) is 16.4 Å². The van der Waals surface area contributed by atoms with Crippen LogP contribution in [0.1, 0.15) is 52.7 Å². The van der Waals surface area contributed by atoms with Crippen molar-refractivity contribution in [1.29, 1.82) is 0 Å². The smallest absolute Gasteiger partial charge is 0 e. The quantitative estimate of drug-likeness (QED) is 0.502. The molecule has 2 heteroatoms. The van der Waals surface area contributed by atoms with Gasteiger partial charge < -0.3 is 0 Å². The molecule has 0 fully saturated rings. The van der Waals surface area contributed by atoms with Crippen molar-refractivity contribution >= 4 is 14.5 Å². The van der Waals surface area contributed by atoms with E-state index in [-0.39, 0.29) is 31.3 Å². The van der Waals surface area contributed by atoms with Crippen molar-refractivity contribution in [3.8, 4) is 0 Å². The van der Waals surface area contributed by atoms with E-state index in [0.717, 1.165) is 0 Å². The van der Waals surface area contributed by atoms with Crippen LogP contribution in [0.15, 0.2) is 18.2 Å². The van der Waals surface area contributed by atoms with Crippen LogP contribution in [0.25, 0.3) is 0 Å². The molecule has 0 N–H and O–H groups in total. The van der Waals surface area contributed by atoms with Crippen molar-refractivity contribution in [2.24, 2.45) is 0 Å². The number of rotatable bonds is 0. The molecule has 0 radical (unpaired) electrons. The third-order valence-electron chi connectivity index (χ3n) is 2.65. The van der Waals surface area contributed by atoms with Crippen molar-refractivity contribution in [3.63, 3.8) is 0 Å². The summed E-state index contributed by atoms with van der Waals surface area (Å²) in [6.45, 7) is 13.7. The number of hydrogen-bond donors (Lipinski definition) is 0. The van der Waals surface area contributed by atoms with E-state index in [1.807, 2.05) is 0 Å². The maximum atomic E-state index is 2.87. The molecular weight excluding hydrogens is 306 g/mol. The van der Waals surface area contributed by atoms with E-state index in [2.05, 4.69) is 69.0 Å². The first-order valence-corrected chi connectivity index (χ1v) is 6.11. The van der Waals surface area contributed by atoms with E-state index in [0.29, 0.717) is 0 Å². The SMILES string of the molecule is CC(C)(C)c1cccc(P)c1C(C)(C)C.[Pd]. The fraction of sp³-hybridized carbons (Fsp3) is 0.571. The van der Waals surface area contributed by atoms with Crippen molar-refractivity contribution in [2.75, 3.05) is 0 Å². The van der Waals surface area contributed by atoms with Gasteiger partial charge >= 0.3 is 0 Å². The van der Waals surface area contributed by atoms with Gasteiger partial charge in [0.1, 0.15) is 0 Å².